The minimum absolute atomic E-state index is 0.0126. The Morgan fingerprint density at radius 3 is 2.64 bits per heavy atom. The van der Waals surface area contributed by atoms with Gasteiger partial charge in [0.25, 0.3) is 0 Å². The van der Waals surface area contributed by atoms with Crippen molar-refractivity contribution in [2.45, 2.75) is 44.9 Å². The number of ketones is 2. The van der Waals surface area contributed by atoms with Gasteiger partial charge in [-0.1, -0.05) is 48.2 Å². The van der Waals surface area contributed by atoms with E-state index in [4.69, 9.17) is 17.3 Å². The lowest BCUT2D eigenvalue weighted by atomic mass is 10.0. The van der Waals surface area contributed by atoms with E-state index in [1.54, 1.807) is 40.5 Å². The molecule has 1 N–H and O–H groups in total. The molecule has 2 heterocycles. The van der Waals surface area contributed by atoms with Crippen LogP contribution in [0.4, 0.5) is 0 Å². The lowest BCUT2D eigenvalue weighted by molar-refractivity contribution is -0.120. The van der Waals surface area contributed by atoms with E-state index in [1.807, 2.05) is 12.3 Å². The number of aromatic carboxylic acids is 1. The second-order valence-electron chi connectivity index (χ2n) is 9.93. The predicted molar refractivity (Wildman–Crippen MR) is 160 cm³/mol. The van der Waals surface area contributed by atoms with Crippen molar-refractivity contribution in [3.05, 3.63) is 80.7 Å². The van der Waals surface area contributed by atoms with Crippen molar-refractivity contribution in [2.24, 2.45) is 0 Å². The number of Topliss-reactive ketones (excluding diaryl/α,β-unsaturated/α-hetero) is 2. The molecule has 1 saturated carbocycles. The molecule has 200 valence electrons. The lowest BCUT2D eigenvalue weighted by Gasteiger charge is -2.28. The Morgan fingerprint density at radius 1 is 1.15 bits per heavy atom. The topological polar surface area (TPSA) is 87.6 Å². The summed E-state index contributed by atoms with van der Waals surface area (Å²) >= 11 is 8.42. The highest BCUT2D eigenvalue weighted by molar-refractivity contribution is 8.26. The molecule has 0 radical (unpaired) electrons. The van der Waals surface area contributed by atoms with Crippen LogP contribution in [0.2, 0.25) is 0 Å². The predicted octanol–water partition coefficient (Wildman–Crippen LogP) is 6.53. The second kappa shape index (κ2) is 11.9. The minimum atomic E-state index is -0.970. The van der Waals surface area contributed by atoms with E-state index in [2.05, 4.69) is 30.1 Å². The monoisotopic (exact) mass is 576 g/mol. The zero-order chi connectivity index (χ0) is 27.5. The zero-order valence-corrected chi connectivity index (χ0v) is 24.0. The molecule has 1 aliphatic heterocycles. The first-order valence-electron chi connectivity index (χ1n) is 12.9. The summed E-state index contributed by atoms with van der Waals surface area (Å²) in [5.74, 6) is -0.223. The third-order valence-corrected chi connectivity index (χ3v) is 9.44. The van der Waals surface area contributed by atoms with Gasteiger partial charge in [-0.05, 0) is 73.1 Å². The quantitative estimate of drug-likeness (QED) is 0.215. The highest BCUT2D eigenvalue weighted by atomic mass is 32.2. The van der Waals surface area contributed by atoms with E-state index >= 15 is 0 Å². The van der Waals surface area contributed by atoms with Crippen molar-refractivity contribution in [3.8, 4) is 10.6 Å². The molecular weight excluding hydrogens is 549 g/mol. The molecule has 0 amide bonds. The zero-order valence-electron chi connectivity index (χ0n) is 21.5. The smallest absolute Gasteiger partial charge is 0.335 e. The van der Waals surface area contributed by atoms with Gasteiger partial charge in [0, 0.05) is 36.0 Å². The summed E-state index contributed by atoms with van der Waals surface area (Å²) in [6, 6.07) is 13.2. The molecule has 6 nitrogen and oxygen atoms in total. The first-order valence-corrected chi connectivity index (χ1v) is 14.9. The Kier molecular flexibility index (Phi) is 8.40. The van der Waals surface area contributed by atoms with E-state index in [9.17, 15) is 14.4 Å². The molecule has 1 saturated heterocycles. The average Bonchev–Trinajstić information content (AvgIpc) is 3.67. The van der Waals surface area contributed by atoms with Crippen molar-refractivity contribution in [1.82, 2.24) is 9.88 Å². The van der Waals surface area contributed by atoms with Crippen LogP contribution in [0.5, 0.6) is 0 Å². The number of thioether (sulfide) groups is 1. The van der Waals surface area contributed by atoms with Gasteiger partial charge in [0.1, 0.15) is 15.1 Å². The largest absolute Gasteiger partial charge is 0.478 e. The molecule has 39 heavy (non-hydrogen) atoms. The summed E-state index contributed by atoms with van der Waals surface area (Å²) < 4.78 is 0.593. The molecular formula is C30H28N2O4S3. The van der Waals surface area contributed by atoms with E-state index < -0.39 is 5.97 Å². The number of carbonyl (C=O) groups excluding carboxylic acids is 2. The number of hydrogen-bond acceptors (Lipinski definition) is 7. The number of aromatic nitrogens is 1. The number of rotatable bonds is 10. The Hall–Kier alpha value is -3.14. The van der Waals surface area contributed by atoms with Gasteiger partial charge in [0.2, 0.25) is 0 Å². The van der Waals surface area contributed by atoms with Gasteiger partial charge < -0.3 is 10.0 Å². The maximum Gasteiger partial charge on any atom is 0.335 e. The van der Waals surface area contributed by atoms with Gasteiger partial charge in [-0.3, -0.25) is 9.59 Å². The molecule has 0 bridgehead atoms. The molecule has 0 unspecified atom stereocenters. The van der Waals surface area contributed by atoms with Crippen LogP contribution < -0.4 is 0 Å². The molecule has 5 rings (SSSR count). The first kappa shape index (κ1) is 27.4. The van der Waals surface area contributed by atoms with Crippen molar-refractivity contribution in [1.29, 1.82) is 0 Å². The fraction of sp³-hybridized carbons (Fsp3) is 0.300. The van der Waals surface area contributed by atoms with Gasteiger partial charge in [0.15, 0.2) is 5.78 Å². The first-order chi connectivity index (χ1) is 18.8. The number of benzene rings is 2. The van der Waals surface area contributed by atoms with Crippen molar-refractivity contribution >= 4 is 63.2 Å². The fourth-order valence-corrected chi connectivity index (χ4v) is 6.72. The van der Waals surface area contributed by atoms with Crippen LogP contribution in [0, 0.1) is 6.92 Å². The summed E-state index contributed by atoms with van der Waals surface area (Å²) in [7, 11) is 0. The number of carboxylic acid groups (broad SMARTS) is 1. The van der Waals surface area contributed by atoms with Gasteiger partial charge in [-0.25, -0.2) is 9.78 Å². The van der Waals surface area contributed by atoms with Crippen molar-refractivity contribution < 1.29 is 19.5 Å². The molecule has 1 aromatic heterocycles. The number of aryl methyl sites for hydroxylation is 2. The van der Waals surface area contributed by atoms with Crippen LogP contribution in [0.15, 0.2) is 53.6 Å². The molecule has 9 heteroatoms. The Labute approximate surface area is 241 Å². The lowest BCUT2D eigenvalue weighted by Crippen LogP contribution is -2.38. The Bertz CT molecular complexity index is 1470. The molecule has 2 aromatic carbocycles. The van der Waals surface area contributed by atoms with Gasteiger partial charge >= 0.3 is 5.97 Å². The maximum atomic E-state index is 12.9. The number of carboxylic acids is 1. The van der Waals surface area contributed by atoms with Gasteiger partial charge in [-0.15, -0.1) is 11.3 Å². The van der Waals surface area contributed by atoms with E-state index in [-0.39, 0.29) is 23.7 Å². The van der Waals surface area contributed by atoms with Crippen molar-refractivity contribution in [3.63, 3.8) is 0 Å². The number of hydrogen-bond donors (Lipinski definition) is 1. The van der Waals surface area contributed by atoms with Crippen LogP contribution in [0.3, 0.4) is 0 Å². The van der Waals surface area contributed by atoms with Crippen LogP contribution >= 0.6 is 35.3 Å². The molecule has 1 aliphatic carbocycles. The van der Waals surface area contributed by atoms with Crippen LogP contribution in [0.25, 0.3) is 16.6 Å². The Balaban J connectivity index is 1.14. The van der Waals surface area contributed by atoms with Gasteiger partial charge in [-0.2, -0.15) is 0 Å². The molecule has 2 fully saturated rings. The number of thiazole rings is 1. The highest BCUT2D eigenvalue weighted by Gasteiger charge is 2.27. The minimum Gasteiger partial charge on any atom is -0.478 e. The average molecular weight is 577 g/mol. The van der Waals surface area contributed by atoms with Crippen LogP contribution in [0.1, 0.15) is 63.5 Å². The fourth-order valence-electron chi connectivity index (χ4n) is 4.44. The van der Waals surface area contributed by atoms with Crippen molar-refractivity contribution in [2.75, 3.05) is 13.1 Å². The molecule has 0 spiro atoms. The summed E-state index contributed by atoms with van der Waals surface area (Å²) in [5.41, 5.74) is 4.86. The summed E-state index contributed by atoms with van der Waals surface area (Å²) in [6.07, 6.45) is 7.41. The SMILES string of the molecule is Cc1ccc(C2CC2)cc1-c1ncc(/C=C2\SC(=S)N(CCC(=O)CCc3ccc(C(=O)O)cc3)CC2=O)s1. The van der Waals surface area contributed by atoms with Crippen LogP contribution in [-0.4, -0.2) is 49.9 Å². The van der Waals surface area contributed by atoms with Crippen LogP contribution in [-0.2, 0) is 16.0 Å². The van der Waals surface area contributed by atoms with Gasteiger partial charge in [0.05, 0.1) is 17.0 Å². The molecule has 0 atom stereocenters. The second-order valence-corrected chi connectivity index (χ2v) is 12.7. The standard InChI is InChI=1S/C30H28N2O4S3/c1-18-2-6-22(20-9-10-20)14-25(18)28-31-16-24(38-28)15-27-26(34)17-32(30(37)39-27)13-12-23(33)11-5-19-3-7-21(8-4-19)29(35)36/h2-4,6-8,14-16,20H,5,9-13,17H2,1H3,(H,35,36)/b27-15-. The summed E-state index contributed by atoms with van der Waals surface area (Å²) in [5, 5.41) is 9.95. The summed E-state index contributed by atoms with van der Waals surface area (Å²) in [6.45, 7) is 2.67. The normalized spacial score (nSPS) is 16.6. The third kappa shape index (κ3) is 6.90. The van der Waals surface area contributed by atoms with E-state index in [1.165, 1.54) is 35.7 Å². The maximum absolute atomic E-state index is 12.9. The third-order valence-electron chi connectivity index (χ3n) is 6.96. The number of carbonyl (C=O) groups is 3. The molecule has 3 aromatic rings. The highest BCUT2D eigenvalue weighted by Crippen LogP contribution is 2.42. The summed E-state index contributed by atoms with van der Waals surface area (Å²) in [4.78, 5) is 44.3. The number of nitrogens with zero attached hydrogens (tertiary/aromatic N) is 2. The number of thiocarbonyl (C=S) groups is 1. The Morgan fingerprint density at radius 2 is 1.92 bits per heavy atom. The molecule has 2 aliphatic rings. The van der Waals surface area contributed by atoms with E-state index in [0.717, 1.165) is 21.0 Å². The van der Waals surface area contributed by atoms with E-state index in [0.29, 0.717) is 41.0 Å².